The van der Waals surface area contributed by atoms with Crippen LogP contribution in [0.3, 0.4) is 0 Å². The first kappa shape index (κ1) is 49.3. The Balaban J connectivity index is 1.21. The van der Waals surface area contributed by atoms with E-state index < -0.39 is 23.3 Å². The summed E-state index contributed by atoms with van der Waals surface area (Å²) in [5, 5.41) is 12.3. The molecule has 0 fully saturated rings. The number of carbonyl (C=O) groups excluding carboxylic acids is 4. The first-order valence-electron chi connectivity index (χ1n) is 23.9. The van der Waals surface area contributed by atoms with E-state index in [0.717, 1.165) is 54.8 Å². The molecule has 65 heavy (non-hydrogen) atoms. The molecular weight excluding hydrogens is 817 g/mol. The van der Waals surface area contributed by atoms with Gasteiger partial charge in [0.2, 0.25) is 5.78 Å². The normalized spacial score (nSPS) is 23.7. The smallest absolute Gasteiger partial charge is 0.351 e. The molecule has 0 aromatic heterocycles. The second kappa shape index (κ2) is 21.0. The molecule has 6 rings (SSSR count). The fraction of sp³-hybridized carbons (Fsp3) is 0.556. The average molecular weight is 887 g/mol. The van der Waals surface area contributed by atoms with Crippen LogP contribution < -0.4 is 0 Å². The molecule has 0 unspecified atom stereocenters. The van der Waals surface area contributed by atoms with Crippen LogP contribution in [0.2, 0.25) is 0 Å². The molecule has 348 valence electrons. The van der Waals surface area contributed by atoms with Gasteiger partial charge in [-0.15, -0.1) is 0 Å². The molecule has 0 amide bonds. The van der Waals surface area contributed by atoms with E-state index in [4.69, 9.17) is 29.4 Å². The van der Waals surface area contributed by atoms with Gasteiger partial charge in [-0.1, -0.05) is 92.1 Å². The molecule has 0 spiro atoms. The number of ether oxygens (including phenoxy) is 2. The Morgan fingerprint density at radius 3 is 2.11 bits per heavy atom. The molecule has 1 N–H and O–H groups in total. The summed E-state index contributed by atoms with van der Waals surface area (Å²) in [4.78, 5) is 73.8. The Labute approximate surface area is 386 Å². The van der Waals surface area contributed by atoms with Crippen LogP contribution >= 0.6 is 0 Å². The van der Waals surface area contributed by atoms with Crippen molar-refractivity contribution < 1.29 is 33.8 Å². The molecule has 5 aliphatic heterocycles. The van der Waals surface area contributed by atoms with Crippen molar-refractivity contribution in [2.45, 2.75) is 152 Å². The number of esters is 2. The van der Waals surface area contributed by atoms with Crippen LogP contribution in [0.1, 0.15) is 146 Å². The zero-order valence-electron chi connectivity index (χ0n) is 40.7. The fourth-order valence-corrected chi connectivity index (χ4v) is 9.91. The number of ketones is 1. The summed E-state index contributed by atoms with van der Waals surface area (Å²) in [6, 6.07) is 0. The van der Waals surface area contributed by atoms with Gasteiger partial charge in [-0.05, 0) is 118 Å². The second-order valence-electron chi connectivity index (χ2n) is 19.5. The van der Waals surface area contributed by atoms with Crippen LogP contribution in [-0.4, -0.2) is 71.3 Å². The summed E-state index contributed by atoms with van der Waals surface area (Å²) in [6.45, 7) is 21.2. The van der Waals surface area contributed by atoms with Crippen molar-refractivity contribution in [3.63, 3.8) is 0 Å². The lowest BCUT2D eigenvalue weighted by Crippen LogP contribution is -2.49. The number of allylic oxidation sites excluding steroid dienone is 11. The highest BCUT2D eigenvalue weighted by Crippen LogP contribution is 2.49. The van der Waals surface area contributed by atoms with Gasteiger partial charge in [0.05, 0.1) is 58.2 Å². The molecule has 0 saturated heterocycles. The summed E-state index contributed by atoms with van der Waals surface area (Å²) >= 11 is 0. The van der Waals surface area contributed by atoms with Gasteiger partial charge in [0.15, 0.2) is 6.29 Å². The zero-order valence-corrected chi connectivity index (χ0v) is 40.7. The molecule has 0 saturated carbocycles. The van der Waals surface area contributed by atoms with Crippen LogP contribution in [0.25, 0.3) is 0 Å². The van der Waals surface area contributed by atoms with Gasteiger partial charge < -0.3 is 14.6 Å². The first-order valence-corrected chi connectivity index (χ1v) is 23.9. The highest BCUT2D eigenvalue weighted by Gasteiger charge is 2.61. The van der Waals surface area contributed by atoms with Gasteiger partial charge in [-0.2, -0.15) is 0 Å². The zero-order chi connectivity index (χ0) is 47.3. The van der Waals surface area contributed by atoms with E-state index in [2.05, 4.69) is 34.6 Å². The Hall–Kier alpha value is -5.16. The molecule has 0 aromatic carbocycles. The number of hydrogen-bond acceptors (Lipinski definition) is 11. The predicted octanol–water partition coefficient (Wildman–Crippen LogP) is 10.7. The molecule has 5 atom stereocenters. The number of methoxy groups -OCH3 is 1. The number of aldehydes is 1. The highest BCUT2D eigenvalue weighted by atomic mass is 16.5. The number of nitrogens with zero attached hydrogens (tertiary/aromatic N) is 4. The molecule has 0 aromatic rings. The Kier molecular flexibility index (Phi) is 15.9. The van der Waals surface area contributed by atoms with Crippen molar-refractivity contribution in [2.75, 3.05) is 13.7 Å². The standard InChI is InChI=1S/C54H70N4O7/c1-12-38-40(29-59)46-27-42-35(8)34(7)41(55-42)26-43-36(9)39(22-23-47(60)65-25-24-33(6)21-15-20-32(5)19-14-18-31(4)17-13-16-30(2)3)50(57-43)49-51-48(52(61)54(49,63)53(62)64-11)37(10)44(58-51)28-45(38)56-46/h24,26-32,36,39,63H,12-23,25H2,1-11H3/t31-,32-,36+,39-,54+/m1/s1. The summed E-state index contributed by atoms with van der Waals surface area (Å²) in [6.07, 6.45) is 20.1. The minimum atomic E-state index is -2.72. The minimum Gasteiger partial charge on any atom is -0.466 e. The van der Waals surface area contributed by atoms with Gasteiger partial charge in [-0.3, -0.25) is 19.4 Å². The highest BCUT2D eigenvalue weighted by molar-refractivity contribution is 6.35. The van der Waals surface area contributed by atoms with Crippen molar-refractivity contribution >= 4 is 46.9 Å². The Morgan fingerprint density at radius 1 is 0.831 bits per heavy atom. The SMILES string of the molecule is CCC1=C(C=O)C2=NC1=CC1=NC3=C(C4=NC(=CC5=NC(=C2)C(C)=C5C)[C@@H](C)[C@H]4CCC(=O)OCC=C(C)CCC[C@H](C)CCC[C@H](C)CCCC(C)C)[C@@](O)(C(=O)OC)C(=O)C3=C1C. The third kappa shape index (κ3) is 10.3. The summed E-state index contributed by atoms with van der Waals surface area (Å²) < 4.78 is 10.8. The molecule has 8 bridgehead atoms. The monoisotopic (exact) mass is 887 g/mol. The molecular formula is C54H70N4O7. The van der Waals surface area contributed by atoms with E-state index >= 15 is 0 Å². The largest absolute Gasteiger partial charge is 0.466 e. The molecule has 6 aliphatic rings. The Morgan fingerprint density at radius 2 is 1.46 bits per heavy atom. The number of aliphatic imine (C=N–C) groups is 4. The lowest BCUT2D eigenvalue weighted by atomic mass is 9.79. The van der Waals surface area contributed by atoms with Gasteiger partial charge in [-0.25, -0.2) is 19.8 Å². The molecule has 11 nitrogen and oxygen atoms in total. The van der Waals surface area contributed by atoms with E-state index in [0.29, 0.717) is 57.7 Å². The summed E-state index contributed by atoms with van der Waals surface area (Å²) in [5.74, 6) is -0.965. The lowest BCUT2D eigenvalue weighted by Gasteiger charge is -2.26. The number of carbonyl (C=O) groups is 4. The summed E-state index contributed by atoms with van der Waals surface area (Å²) in [7, 11) is 1.12. The third-order valence-electron chi connectivity index (χ3n) is 14.3. The van der Waals surface area contributed by atoms with Crippen LogP contribution in [0, 0.1) is 29.6 Å². The van der Waals surface area contributed by atoms with E-state index in [-0.39, 0.29) is 53.9 Å². The average Bonchev–Trinajstić information content (AvgIpc) is 3.99. The van der Waals surface area contributed by atoms with Crippen molar-refractivity contribution in [3.05, 3.63) is 91.7 Å². The number of Topliss-reactive ketones (excluding diaryl/α,β-unsaturated/α-hetero) is 1. The van der Waals surface area contributed by atoms with E-state index in [1.807, 2.05) is 45.9 Å². The quantitative estimate of drug-likeness (QED) is 0.0552. The molecule has 5 heterocycles. The van der Waals surface area contributed by atoms with Crippen LogP contribution in [0.15, 0.2) is 112 Å². The number of rotatable bonds is 20. The van der Waals surface area contributed by atoms with E-state index in [9.17, 15) is 24.3 Å². The number of hydrogen-bond donors (Lipinski definition) is 1. The Bertz CT molecular complexity index is 2390. The topological polar surface area (TPSA) is 156 Å². The molecule has 11 heteroatoms. The maximum atomic E-state index is 14.4. The minimum absolute atomic E-state index is 0.0365. The van der Waals surface area contributed by atoms with Gasteiger partial charge in [0.1, 0.15) is 6.61 Å². The van der Waals surface area contributed by atoms with E-state index in [1.165, 1.54) is 50.5 Å². The van der Waals surface area contributed by atoms with Crippen molar-refractivity contribution in [3.8, 4) is 0 Å². The molecule has 1 aliphatic carbocycles. The number of fused-ring (bicyclic) bond motifs is 4. The van der Waals surface area contributed by atoms with Crippen molar-refractivity contribution in [2.24, 2.45) is 49.6 Å². The second-order valence-corrected chi connectivity index (χ2v) is 19.5. The van der Waals surface area contributed by atoms with E-state index in [1.54, 1.807) is 13.0 Å². The first-order chi connectivity index (χ1) is 30.9. The van der Waals surface area contributed by atoms with Gasteiger partial charge in [0, 0.05) is 29.5 Å². The maximum Gasteiger partial charge on any atom is 0.351 e. The number of aliphatic hydroxyl groups is 1. The molecule has 0 radical (unpaired) electrons. The van der Waals surface area contributed by atoms with Crippen molar-refractivity contribution in [1.29, 1.82) is 0 Å². The van der Waals surface area contributed by atoms with Crippen LogP contribution in [-0.2, 0) is 28.7 Å². The van der Waals surface area contributed by atoms with Crippen molar-refractivity contribution in [1.82, 2.24) is 0 Å². The summed E-state index contributed by atoms with van der Waals surface area (Å²) in [5.41, 5.74) is 5.69. The van der Waals surface area contributed by atoms with Gasteiger partial charge in [0.25, 0.3) is 5.60 Å². The fourth-order valence-electron chi connectivity index (χ4n) is 9.91. The lowest BCUT2D eigenvalue weighted by molar-refractivity contribution is -0.161. The predicted molar refractivity (Wildman–Crippen MR) is 259 cm³/mol. The third-order valence-corrected chi connectivity index (χ3v) is 14.3. The maximum absolute atomic E-state index is 14.4. The van der Waals surface area contributed by atoms with Crippen LogP contribution in [0.5, 0.6) is 0 Å². The van der Waals surface area contributed by atoms with Gasteiger partial charge >= 0.3 is 11.9 Å². The van der Waals surface area contributed by atoms with Crippen LogP contribution in [0.4, 0.5) is 0 Å².